The number of rotatable bonds is 3. The molecule has 2 heterocycles. The van der Waals surface area contributed by atoms with Crippen LogP contribution in [0.4, 0.5) is 0 Å². The third-order valence-electron chi connectivity index (χ3n) is 3.35. The largest absolute Gasteiger partial charge is 0.485 e. The summed E-state index contributed by atoms with van der Waals surface area (Å²) >= 11 is 10.8. The molecule has 0 saturated carbocycles. The number of H-pyrrole nitrogens is 1. The maximum atomic E-state index is 12.2. The number of ether oxygens (including phenoxy) is 1. The Morgan fingerprint density at radius 2 is 2.18 bits per heavy atom. The van der Waals surface area contributed by atoms with Crippen LogP contribution in [0.3, 0.4) is 0 Å². The van der Waals surface area contributed by atoms with Gasteiger partial charge >= 0.3 is 0 Å². The number of benzene rings is 1. The molecule has 1 aromatic carbocycles. The number of fused-ring (bicyclic) bond motifs is 1. The van der Waals surface area contributed by atoms with Crippen LogP contribution in [0.15, 0.2) is 27.5 Å². The molecule has 1 N–H and O–H groups in total. The van der Waals surface area contributed by atoms with Gasteiger partial charge in [0.25, 0.3) is 5.56 Å². The molecule has 0 bridgehead atoms. The second-order valence-corrected chi connectivity index (χ2v) is 7.33. The molecule has 0 unspecified atom stereocenters. The van der Waals surface area contributed by atoms with Crippen molar-refractivity contribution < 1.29 is 4.74 Å². The third kappa shape index (κ3) is 2.91. The SMILES string of the molecule is Cc1sc2nc(COc3ccc(Cl)cc3Br)[nH]c(=O)c2c1C. The number of aromatic amines is 1. The minimum atomic E-state index is -0.124. The molecule has 114 valence electrons. The molecule has 0 radical (unpaired) electrons. The molecule has 0 aliphatic carbocycles. The Balaban J connectivity index is 1.90. The lowest BCUT2D eigenvalue weighted by atomic mass is 10.2. The number of hydrogen-bond donors (Lipinski definition) is 1. The van der Waals surface area contributed by atoms with Crippen molar-refractivity contribution in [2.24, 2.45) is 0 Å². The number of halogens is 2. The summed E-state index contributed by atoms with van der Waals surface area (Å²) in [7, 11) is 0. The Labute approximate surface area is 144 Å². The van der Waals surface area contributed by atoms with Gasteiger partial charge in [-0.3, -0.25) is 4.79 Å². The fraction of sp³-hybridized carbons (Fsp3) is 0.200. The van der Waals surface area contributed by atoms with E-state index in [2.05, 4.69) is 25.9 Å². The van der Waals surface area contributed by atoms with E-state index in [1.807, 2.05) is 13.8 Å². The van der Waals surface area contributed by atoms with Crippen LogP contribution < -0.4 is 10.3 Å². The van der Waals surface area contributed by atoms with Gasteiger partial charge in [-0.2, -0.15) is 0 Å². The fourth-order valence-electron chi connectivity index (χ4n) is 2.11. The Kier molecular flexibility index (Phi) is 4.25. The smallest absolute Gasteiger partial charge is 0.260 e. The standard InChI is InChI=1S/C15H12BrClN2O2S/c1-7-8(2)22-15-13(7)14(20)18-12(19-15)6-21-11-4-3-9(17)5-10(11)16/h3-5H,6H2,1-2H3,(H,18,19,20). The minimum absolute atomic E-state index is 0.124. The number of thiophene rings is 1. The zero-order valence-corrected chi connectivity index (χ0v) is 15.0. The normalized spacial score (nSPS) is 11.1. The molecule has 7 heteroatoms. The average Bonchev–Trinajstić information content (AvgIpc) is 2.73. The lowest BCUT2D eigenvalue weighted by molar-refractivity contribution is 0.294. The van der Waals surface area contributed by atoms with Crippen LogP contribution in [0.5, 0.6) is 5.75 Å². The number of hydrogen-bond acceptors (Lipinski definition) is 4. The molecular weight excluding hydrogens is 388 g/mol. The van der Waals surface area contributed by atoms with E-state index in [1.165, 1.54) is 11.3 Å². The van der Waals surface area contributed by atoms with Gasteiger partial charge < -0.3 is 9.72 Å². The van der Waals surface area contributed by atoms with Crippen molar-refractivity contribution in [3.05, 3.63) is 54.3 Å². The first-order valence-electron chi connectivity index (χ1n) is 6.52. The van der Waals surface area contributed by atoms with Gasteiger partial charge in [-0.05, 0) is 53.5 Å². The predicted octanol–water partition coefficient (Wildman–Crippen LogP) is 4.60. The number of nitrogens with zero attached hydrogens (tertiary/aromatic N) is 1. The van der Waals surface area contributed by atoms with Crippen molar-refractivity contribution in [1.82, 2.24) is 9.97 Å². The van der Waals surface area contributed by atoms with E-state index in [-0.39, 0.29) is 12.2 Å². The van der Waals surface area contributed by atoms with E-state index in [1.54, 1.807) is 18.2 Å². The highest BCUT2D eigenvalue weighted by Gasteiger charge is 2.12. The van der Waals surface area contributed by atoms with Gasteiger partial charge in [-0.15, -0.1) is 11.3 Å². The number of aromatic nitrogens is 2. The van der Waals surface area contributed by atoms with E-state index in [4.69, 9.17) is 16.3 Å². The van der Waals surface area contributed by atoms with E-state index in [0.29, 0.717) is 22.0 Å². The van der Waals surface area contributed by atoms with Crippen molar-refractivity contribution in [3.8, 4) is 5.75 Å². The molecule has 22 heavy (non-hydrogen) atoms. The van der Waals surface area contributed by atoms with Gasteiger partial charge in [0.2, 0.25) is 0 Å². The molecule has 0 aliphatic heterocycles. The Morgan fingerprint density at radius 3 is 2.91 bits per heavy atom. The van der Waals surface area contributed by atoms with Crippen LogP contribution in [0, 0.1) is 13.8 Å². The molecule has 0 saturated heterocycles. The first kappa shape index (κ1) is 15.5. The topological polar surface area (TPSA) is 55.0 Å². The molecule has 0 amide bonds. The summed E-state index contributed by atoms with van der Waals surface area (Å²) in [5, 5.41) is 1.29. The summed E-state index contributed by atoms with van der Waals surface area (Å²) in [4.78, 5) is 21.3. The highest BCUT2D eigenvalue weighted by atomic mass is 79.9. The summed E-state index contributed by atoms with van der Waals surface area (Å²) in [5.41, 5.74) is 0.863. The predicted molar refractivity (Wildman–Crippen MR) is 93.2 cm³/mol. The van der Waals surface area contributed by atoms with Crippen LogP contribution in [-0.4, -0.2) is 9.97 Å². The van der Waals surface area contributed by atoms with E-state index in [9.17, 15) is 4.79 Å². The lowest BCUT2D eigenvalue weighted by Gasteiger charge is -2.08. The van der Waals surface area contributed by atoms with Gasteiger partial charge in [-0.25, -0.2) is 4.98 Å². The van der Waals surface area contributed by atoms with Crippen LogP contribution in [-0.2, 0) is 6.61 Å². The van der Waals surface area contributed by atoms with Crippen molar-refractivity contribution in [2.45, 2.75) is 20.5 Å². The maximum Gasteiger partial charge on any atom is 0.260 e. The van der Waals surface area contributed by atoms with Gasteiger partial charge in [-0.1, -0.05) is 11.6 Å². The molecular formula is C15H12BrClN2O2S. The quantitative estimate of drug-likeness (QED) is 0.700. The molecule has 3 rings (SSSR count). The summed E-state index contributed by atoms with van der Waals surface area (Å²) in [6, 6.07) is 5.26. The second-order valence-electron chi connectivity index (χ2n) is 4.84. The van der Waals surface area contributed by atoms with Crippen molar-refractivity contribution in [3.63, 3.8) is 0 Å². The lowest BCUT2D eigenvalue weighted by Crippen LogP contribution is -2.13. The monoisotopic (exact) mass is 398 g/mol. The summed E-state index contributed by atoms with van der Waals surface area (Å²) in [5.74, 6) is 1.14. The number of nitrogens with one attached hydrogen (secondary N) is 1. The second kappa shape index (κ2) is 6.02. The van der Waals surface area contributed by atoms with Crippen molar-refractivity contribution in [1.29, 1.82) is 0 Å². The van der Waals surface area contributed by atoms with Crippen LogP contribution in [0.2, 0.25) is 5.02 Å². The van der Waals surface area contributed by atoms with Crippen molar-refractivity contribution >= 4 is 49.1 Å². The first-order valence-corrected chi connectivity index (χ1v) is 8.51. The minimum Gasteiger partial charge on any atom is -0.485 e. The molecule has 3 aromatic rings. The van der Waals surface area contributed by atoms with Gasteiger partial charge in [0.1, 0.15) is 23.0 Å². The summed E-state index contributed by atoms with van der Waals surface area (Å²) in [6.07, 6.45) is 0. The van der Waals surface area contributed by atoms with Gasteiger partial charge in [0, 0.05) is 9.90 Å². The van der Waals surface area contributed by atoms with E-state index < -0.39 is 0 Å². The molecule has 2 aromatic heterocycles. The summed E-state index contributed by atoms with van der Waals surface area (Å²) < 4.78 is 6.44. The highest BCUT2D eigenvalue weighted by molar-refractivity contribution is 9.10. The Bertz CT molecular complexity index is 920. The maximum absolute atomic E-state index is 12.2. The van der Waals surface area contributed by atoms with Crippen molar-refractivity contribution in [2.75, 3.05) is 0 Å². The molecule has 4 nitrogen and oxygen atoms in total. The van der Waals surface area contributed by atoms with Crippen LogP contribution in [0.1, 0.15) is 16.3 Å². The van der Waals surface area contributed by atoms with Gasteiger partial charge in [0.05, 0.1) is 9.86 Å². The zero-order valence-electron chi connectivity index (χ0n) is 11.9. The van der Waals surface area contributed by atoms with Crippen LogP contribution in [0.25, 0.3) is 10.2 Å². The Hall–Kier alpha value is -1.37. The third-order valence-corrected chi connectivity index (χ3v) is 5.30. The van der Waals surface area contributed by atoms with Gasteiger partial charge in [0.15, 0.2) is 0 Å². The van der Waals surface area contributed by atoms with E-state index in [0.717, 1.165) is 19.7 Å². The number of aryl methyl sites for hydroxylation is 2. The molecule has 0 atom stereocenters. The first-order chi connectivity index (χ1) is 10.5. The molecule has 0 aliphatic rings. The van der Waals surface area contributed by atoms with Crippen LogP contribution >= 0.6 is 38.9 Å². The molecule has 0 fully saturated rings. The fourth-order valence-corrected chi connectivity index (χ4v) is 3.95. The molecule has 0 spiro atoms. The average molecular weight is 400 g/mol. The zero-order chi connectivity index (χ0) is 15.9. The highest BCUT2D eigenvalue weighted by Crippen LogP contribution is 2.29. The summed E-state index contributed by atoms with van der Waals surface area (Å²) in [6.45, 7) is 4.11. The van der Waals surface area contributed by atoms with E-state index >= 15 is 0 Å². The Morgan fingerprint density at radius 1 is 1.41 bits per heavy atom.